The Hall–Kier alpha value is -3.65. The minimum absolute atomic E-state index is 0.0738. The molecule has 1 aliphatic carbocycles. The number of fused-ring (bicyclic) bond motifs is 3. The third kappa shape index (κ3) is 5.71. The second kappa shape index (κ2) is 11.2. The summed E-state index contributed by atoms with van der Waals surface area (Å²) in [6, 6.07) is 15.3. The van der Waals surface area contributed by atoms with Gasteiger partial charge in [0.25, 0.3) is 0 Å². The molecule has 1 saturated heterocycles. The molecule has 3 atom stereocenters. The molecular formula is C27H30N2O6. The average Bonchev–Trinajstić information content (AvgIpc) is 3.47. The summed E-state index contributed by atoms with van der Waals surface area (Å²) in [5.41, 5.74) is 4.50. The fourth-order valence-electron chi connectivity index (χ4n) is 4.69. The van der Waals surface area contributed by atoms with Crippen molar-refractivity contribution in [3.05, 3.63) is 72.3 Å². The van der Waals surface area contributed by atoms with E-state index in [1.807, 2.05) is 36.4 Å². The maximum atomic E-state index is 12.8. The van der Waals surface area contributed by atoms with Crippen LogP contribution in [0.1, 0.15) is 36.3 Å². The molecule has 1 fully saturated rings. The normalized spacial score (nSPS) is 19.3. The number of benzene rings is 2. The summed E-state index contributed by atoms with van der Waals surface area (Å²) >= 11 is 0. The number of hydrogen-bond acceptors (Lipinski definition) is 5. The molecule has 2 aromatic rings. The van der Waals surface area contributed by atoms with Crippen LogP contribution in [0.3, 0.4) is 0 Å². The first-order valence-electron chi connectivity index (χ1n) is 11.8. The highest BCUT2D eigenvalue weighted by Gasteiger charge is 2.32. The quantitative estimate of drug-likeness (QED) is 0.451. The maximum Gasteiger partial charge on any atom is 0.407 e. The van der Waals surface area contributed by atoms with Crippen molar-refractivity contribution in [3.63, 3.8) is 0 Å². The van der Waals surface area contributed by atoms with E-state index in [1.165, 1.54) is 0 Å². The van der Waals surface area contributed by atoms with E-state index in [4.69, 9.17) is 14.6 Å². The summed E-state index contributed by atoms with van der Waals surface area (Å²) in [6.07, 6.45) is 1.88. The van der Waals surface area contributed by atoms with Crippen molar-refractivity contribution in [2.75, 3.05) is 19.8 Å². The Morgan fingerprint density at radius 1 is 1.11 bits per heavy atom. The van der Waals surface area contributed by atoms with Gasteiger partial charge in [-0.3, -0.25) is 9.59 Å². The Bertz CT molecular complexity index is 1060. The lowest BCUT2D eigenvalue weighted by molar-refractivity contribution is -0.141. The third-order valence-corrected chi connectivity index (χ3v) is 6.55. The van der Waals surface area contributed by atoms with Gasteiger partial charge in [0.2, 0.25) is 5.91 Å². The second-order valence-corrected chi connectivity index (χ2v) is 8.86. The lowest BCUT2D eigenvalue weighted by Crippen LogP contribution is -2.48. The standard InChI is InChI=1S/C27H30N2O6/c1-2-3-12-24(25(30)28-14-18-13-17(15-34-18)26(31)32)29-27(33)35-16-23-21-10-6-4-8-19(21)20-9-5-7-11-22(20)23/h2,4-11,17-18,23-24H,1,3,12-16H2,(H,28,30)(H,29,33)(H,31,32). The van der Waals surface area contributed by atoms with Gasteiger partial charge >= 0.3 is 12.1 Å². The number of allylic oxidation sites excluding steroid dienone is 1. The monoisotopic (exact) mass is 478 g/mol. The van der Waals surface area contributed by atoms with Crippen molar-refractivity contribution in [1.82, 2.24) is 10.6 Å². The number of ether oxygens (including phenoxy) is 2. The molecule has 0 saturated carbocycles. The van der Waals surface area contributed by atoms with Crippen LogP contribution in [0, 0.1) is 5.92 Å². The van der Waals surface area contributed by atoms with Crippen LogP contribution in [0.15, 0.2) is 61.2 Å². The molecule has 2 aromatic carbocycles. The van der Waals surface area contributed by atoms with Gasteiger partial charge in [0.1, 0.15) is 12.6 Å². The lowest BCUT2D eigenvalue weighted by atomic mass is 9.98. The van der Waals surface area contributed by atoms with Crippen molar-refractivity contribution < 1.29 is 29.0 Å². The topological polar surface area (TPSA) is 114 Å². The molecule has 0 spiro atoms. The summed E-state index contributed by atoms with van der Waals surface area (Å²) in [4.78, 5) is 36.5. The zero-order valence-electron chi connectivity index (χ0n) is 19.4. The number of carbonyl (C=O) groups is 3. The number of aliphatic carboxylic acids is 1. The van der Waals surface area contributed by atoms with Crippen LogP contribution in [-0.4, -0.2) is 55.0 Å². The first-order valence-corrected chi connectivity index (χ1v) is 11.8. The van der Waals surface area contributed by atoms with Crippen LogP contribution in [0.2, 0.25) is 0 Å². The molecule has 0 radical (unpaired) electrons. The minimum Gasteiger partial charge on any atom is -0.481 e. The van der Waals surface area contributed by atoms with Gasteiger partial charge in [-0.15, -0.1) is 6.58 Å². The van der Waals surface area contributed by atoms with E-state index in [0.29, 0.717) is 19.3 Å². The number of hydrogen-bond donors (Lipinski definition) is 3. The molecule has 8 nitrogen and oxygen atoms in total. The van der Waals surface area contributed by atoms with Crippen LogP contribution in [0.4, 0.5) is 4.79 Å². The summed E-state index contributed by atoms with van der Waals surface area (Å²) in [7, 11) is 0. The van der Waals surface area contributed by atoms with E-state index < -0.39 is 24.0 Å². The number of carboxylic acid groups (broad SMARTS) is 1. The van der Waals surface area contributed by atoms with Crippen LogP contribution in [0.5, 0.6) is 0 Å². The number of carbonyl (C=O) groups excluding carboxylic acids is 2. The highest BCUT2D eigenvalue weighted by Crippen LogP contribution is 2.44. The molecular weight excluding hydrogens is 448 g/mol. The molecule has 0 bridgehead atoms. The fourth-order valence-corrected chi connectivity index (χ4v) is 4.69. The predicted octanol–water partition coefficient (Wildman–Crippen LogP) is 3.47. The summed E-state index contributed by atoms with van der Waals surface area (Å²) in [5.74, 6) is -1.91. The first-order chi connectivity index (χ1) is 17.0. The highest BCUT2D eigenvalue weighted by molar-refractivity contribution is 5.85. The van der Waals surface area contributed by atoms with Gasteiger partial charge in [-0.25, -0.2) is 4.79 Å². The lowest BCUT2D eigenvalue weighted by Gasteiger charge is -2.20. The average molecular weight is 479 g/mol. The summed E-state index contributed by atoms with van der Waals surface area (Å²) < 4.78 is 11.0. The Balaban J connectivity index is 1.33. The van der Waals surface area contributed by atoms with Crippen molar-refractivity contribution >= 4 is 18.0 Å². The predicted molar refractivity (Wildman–Crippen MR) is 130 cm³/mol. The van der Waals surface area contributed by atoms with E-state index in [9.17, 15) is 14.4 Å². The first kappa shape index (κ1) is 24.5. The number of alkyl carbamates (subject to hydrolysis) is 1. The molecule has 35 heavy (non-hydrogen) atoms. The smallest absolute Gasteiger partial charge is 0.407 e. The SMILES string of the molecule is C=CCCC(NC(=O)OCC1c2ccccc2-c2ccccc21)C(=O)NCC1CC(C(=O)O)CO1. The minimum atomic E-state index is -0.903. The van der Waals surface area contributed by atoms with Crippen LogP contribution >= 0.6 is 0 Å². The highest BCUT2D eigenvalue weighted by atomic mass is 16.5. The van der Waals surface area contributed by atoms with Crippen molar-refractivity contribution in [2.24, 2.45) is 5.92 Å². The maximum absolute atomic E-state index is 12.8. The van der Waals surface area contributed by atoms with Crippen LogP contribution < -0.4 is 10.6 Å². The third-order valence-electron chi connectivity index (χ3n) is 6.55. The molecule has 3 N–H and O–H groups in total. The molecule has 184 valence electrons. The van der Waals surface area contributed by atoms with Crippen molar-refractivity contribution in [1.29, 1.82) is 0 Å². The van der Waals surface area contributed by atoms with Crippen molar-refractivity contribution in [2.45, 2.75) is 37.3 Å². The van der Waals surface area contributed by atoms with E-state index in [-0.39, 0.29) is 37.7 Å². The summed E-state index contributed by atoms with van der Waals surface area (Å²) in [6.45, 7) is 4.15. The van der Waals surface area contributed by atoms with Crippen molar-refractivity contribution in [3.8, 4) is 11.1 Å². The van der Waals surface area contributed by atoms with Gasteiger partial charge in [-0.05, 0) is 41.5 Å². The van der Waals surface area contributed by atoms with Gasteiger partial charge in [-0.1, -0.05) is 54.6 Å². The number of nitrogens with one attached hydrogen (secondary N) is 2. The number of amides is 2. The zero-order valence-corrected chi connectivity index (χ0v) is 19.4. The molecule has 3 unspecified atom stereocenters. The number of rotatable bonds is 10. The van der Waals surface area contributed by atoms with Gasteiger partial charge in [-0.2, -0.15) is 0 Å². The zero-order chi connectivity index (χ0) is 24.8. The molecule has 2 amide bonds. The summed E-state index contributed by atoms with van der Waals surface area (Å²) in [5, 5.41) is 14.5. The molecule has 0 aromatic heterocycles. The van der Waals surface area contributed by atoms with Gasteiger partial charge < -0.3 is 25.2 Å². The Labute approximate surface area is 204 Å². The van der Waals surface area contributed by atoms with E-state index in [2.05, 4.69) is 29.3 Å². The van der Waals surface area contributed by atoms with Gasteiger partial charge in [0.15, 0.2) is 0 Å². The number of carboxylic acids is 1. The molecule has 2 aliphatic rings. The van der Waals surface area contributed by atoms with E-state index in [0.717, 1.165) is 22.3 Å². The molecule has 1 heterocycles. The second-order valence-electron chi connectivity index (χ2n) is 8.86. The largest absolute Gasteiger partial charge is 0.481 e. The molecule has 4 rings (SSSR count). The van der Waals surface area contributed by atoms with E-state index >= 15 is 0 Å². The Morgan fingerprint density at radius 3 is 2.37 bits per heavy atom. The molecule has 8 heteroatoms. The molecule has 1 aliphatic heterocycles. The van der Waals surface area contributed by atoms with Gasteiger partial charge in [0.05, 0.1) is 18.6 Å². The van der Waals surface area contributed by atoms with Crippen LogP contribution in [0.25, 0.3) is 11.1 Å². The van der Waals surface area contributed by atoms with Crippen LogP contribution in [-0.2, 0) is 19.1 Å². The Morgan fingerprint density at radius 2 is 1.77 bits per heavy atom. The van der Waals surface area contributed by atoms with Gasteiger partial charge in [0, 0.05) is 12.5 Å². The van der Waals surface area contributed by atoms with E-state index in [1.54, 1.807) is 6.08 Å². The Kier molecular flexibility index (Phi) is 7.82. The fraction of sp³-hybridized carbons (Fsp3) is 0.370.